The third-order valence-corrected chi connectivity index (χ3v) is 5.71. The number of hydrogen-bond acceptors (Lipinski definition) is 6. The lowest BCUT2D eigenvalue weighted by Gasteiger charge is -2.11. The van der Waals surface area contributed by atoms with Gasteiger partial charge in [0, 0.05) is 28.9 Å². The fourth-order valence-corrected chi connectivity index (χ4v) is 4.07. The molecule has 1 N–H and O–H groups in total. The van der Waals surface area contributed by atoms with Crippen LogP contribution in [0, 0.1) is 0 Å². The molecule has 2 aromatic heterocycles. The van der Waals surface area contributed by atoms with Crippen molar-refractivity contribution in [3.05, 3.63) is 59.0 Å². The van der Waals surface area contributed by atoms with Crippen molar-refractivity contribution in [1.82, 2.24) is 10.3 Å². The molecule has 0 saturated carbocycles. The molecule has 2 heterocycles. The fourth-order valence-electron chi connectivity index (χ4n) is 3.13. The predicted molar refractivity (Wildman–Crippen MR) is 114 cm³/mol. The summed E-state index contributed by atoms with van der Waals surface area (Å²) >= 11 is 1.37. The molecule has 148 valence electrons. The average Bonchev–Trinajstić information content (AvgIpc) is 3.18. The molecule has 4 aromatic rings. The maximum atomic E-state index is 12.7. The normalized spacial score (nSPS) is 10.9. The molecule has 0 unspecified atom stereocenters. The molecular formula is C22H20N2O4S. The fraction of sp³-hybridized carbons (Fsp3) is 0.182. The number of carbonyl (C=O) groups is 1. The number of benzene rings is 2. The van der Waals surface area contributed by atoms with Crippen LogP contribution in [0.15, 0.2) is 48.5 Å². The number of aromatic nitrogens is 1. The van der Waals surface area contributed by atoms with Crippen LogP contribution in [0.4, 0.5) is 0 Å². The quantitative estimate of drug-likeness (QED) is 0.512. The molecule has 6 nitrogen and oxygen atoms in total. The molecule has 1 amide bonds. The van der Waals surface area contributed by atoms with Crippen LogP contribution >= 0.6 is 11.3 Å². The first-order chi connectivity index (χ1) is 14.1. The molecule has 0 aliphatic heterocycles. The van der Waals surface area contributed by atoms with E-state index in [2.05, 4.69) is 10.3 Å². The minimum atomic E-state index is -0.153. The number of carbonyl (C=O) groups excluding carboxylic acids is 1. The van der Waals surface area contributed by atoms with Gasteiger partial charge in [-0.25, -0.2) is 4.98 Å². The summed E-state index contributed by atoms with van der Waals surface area (Å²) in [6.45, 7) is 0.333. The van der Waals surface area contributed by atoms with E-state index in [1.54, 1.807) is 21.3 Å². The highest BCUT2D eigenvalue weighted by molar-refractivity contribution is 7.20. The number of ether oxygens (including phenoxy) is 3. The summed E-state index contributed by atoms with van der Waals surface area (Å²) in [6.07, 6.45) is 0. The molecule has 2 aromatic carbocycles. The van der Waals surface area contributed by atoms with E-state index in [1.807, 2.05) is 48.5 Å². The van der Waals surface area contributed by atoms with Crippen molar-refractivity contribution in [1.29, 1.82) is 0 Å². The van der Waals surface area contributed by atoms with Crippen LogP contribution in [-0.2, 0) is 6.54 Å². The van der Waals surface area contributed by atoms with E-state index in [1.165, 1.54) is 11.3 Å². The Morgan fingerprint density at radius 2 is 1.69 bits per heavy atom. The Kier molecular flexibility index (Phi) is 5.22. The summed E-state index contributed by atoms with van der Waals surface area (Å²) in [4.78, 5) is 18.8. The van der Waals surface area contributed by atoms with E-state index in [0.29, 0.717) is 22.9 Å². The summed E-state index contributed by atoms with van der Waals surface area (Å²) in [5, 5.41) is 4.90. The molecule has 0 aliphatic carbocycles. The highest BCUT2D eigenvalue weighted by Crippen LogP contribution is 2.29. The number of fused-ring (bicyclic) bond motifs is 2. The molecule has 0 saturated heterocycles. The molecule has 29 heavy (non-hydrogen) atoms. The first kappa shape index (κ1) is 19.0. The van der Waals surface area contributed by atoms with E-state index in [4.69, 9.17) is 14.2 Å². The Labute approximate surface area is 172 Å². The summed E-state index contributed by atoms with van der Waals surface area (Å²) < 4.78 is 15.9. The lowest BCUT2D eigenvalue weighted by Crippen LogP contribution is -2.22. The van der Waals surface area contributed by atoms with Crippen LogP contribution in [-0.4, -0.2) is 32.2 Å². The molecule has 0 aliphatic rings. The molecule has 0 fully saturated rings. The van der Waals surface area contributed by atoms with Gasteiger partial charge in [-0.15, -0.1) is 11.3 Å². The molecule has 4 rings (SSSR count). The Morgan fingerprint density at radius 1 is 0.931 bits per heavy atom. The van der Waals surface area contributed by atoms with Gasteiger partial charge in [0.2, 0.25) is 0 Å². The van der Waals surface area contributed by atoms with E-state index < -0.39 is 0 Å². The van der Waals surface area contributed by atoms with E-state index in [-0.39, 0.29) is 5.91 Å². The van der Waals surface area contributed by atoms with Gasteiger partial charge < -0.3 is 19.5 Å². The molecule has 0 radical (unpaired) electrons. The van der Waals surface area contributed by atoms with Crippen LogP contribution in [0.5, 0.6) is 17.2 Å². The summed E-state index contributed by atoms with van der Waals surface area (Å²) in [5.41, 5.74) is 1.68. The highest BCUT2D eigenvalue weighted by atomic mass is 32.1. The predicted octanol–water partition coefficient (Wildman–Crippen LogP) is 4.41. The Balaban J connectivity index is 1.58. The summed E-state index contributed by atoms with van der Waals surface area (Å²) in [7, 11) is 4.84. The number of thiophene rings is 1. The Bertz CT molecular complexity index is 1200. The van der Waals surface area contributed by atoms with Gasteiger partial charge in [-0.3, -0.25) is 4.79 Å². The largest absolute Gasteiger partial charge is 0.497 e. The first-order valence-corrected chi connectivity index (χ1v) is 9.80. The Morgan fingerprint density at radius 3 is 2.45 bits per heavy atom. The number of methoxy groups -OCH3 is 3. The van der Waals surface area contributed by atoms with Crippen LogP contribution in [0.3, 0.4) is 0 Å². The monoisotopic (exact) mass is 408 g/mol. The van der Waals surface area contributed by atoms with E-state index >= 15 is 0 Å². The van der Waals surface area contributed by atoms with Gasteiger partial charge in [0.25, 0.3) is 5.91 Å². The van der Waals surface area contributed by atoms with Gasteiger partial charge >= 0.3 is 0 Å². The van der Waals surface area contributed by atoms with Crippen LogP contribution in [0.2, 0.25) is 0 Å². The second kappa shape index (κ2) is 7.97. The second-order valence-electron chi connectivity index (χ2n) is 6.41. The lowest BCUT2D eigenvalue weighted by atomic mass is 10.1. The van der Waals surface area contributed by atoms with Crippen molar-refractivity contribution >= 4 is 38.4 Å². The number of hydrogen-bond donors (Lipinski definition) is 1. The van der Waals surface area contributed by atoms with Crippen LogP contribution < -0.4 is 19.5 Å². The van der Waals surface area contributed by atoms with Crippen LogP contribution in [0.1, 0.15) is 15.2 Å². The third-order valence-electron chi connectivity index (χ3n) is 4.66. The molecule has 0 spiro atoms. The van der Waals surface area contributed by atoms with E-state index in [0.717, 1.165) is 32.4 Å². The zero-order chi connectivity index (χ0) is 20.4. The molecular weight excluding hydrogens is 388 g/mol. The van der Waals surface area contributed by atoms with E-state index in [9.17, 15) is 4.79 Å². The second-order valence-corrected chi connectivity index (χ2v) is 7.44. The molecule has 7 heteroatoms. The average molecular weight is 408 g/mol. The van der Waals surface area contributed by atoms with Gasteiger partial charge in [-0.1, -0.05) is 0 Å². The maximum Gasteiger partial charge on any atom is 0.261 e. The van der Waals surface area contributed by atoms with Crippen molar-refractivity contribution < 1.29 is 19.0 Å². The molecule has 0 atom stereocenters. The third kappa shape index (κ3) is 3.82. The summed E-state index contributed by atoms with van der Waals surface area (Å²) in [5.74, 6) is 2.01. The zero-order valence-corrected chi connectivity index (χ0v) is 17.1. The van der Waals surface area contributed by atoms with Crippen molar-refractivity contribution in [2.45, 2.75) is 6.54 Å². The van der Waals surface area contributed by atoms with Gasteiger partial charge in [0.15, 0.2) is 0 Å². The van der Waals surface area contributed by atoms with Crippen molar-refractivity contribution in [2.75, 3.05) is 21.3 Å². The van der Waals surface area contributed by atoms with Crippen molar-refractivity contribution in [3.63, 3.8) is 0 Å². The minimum Gasteiger partial charge on any atom is -0.497 e. The number of nitrogens with zero attached hydrogens (tertiary/aromatic N) is 1. The SMILES string of the molecule is COc1ccc(OC)c(CNC(=O)c2cc3cc4ccc(OC)cc4nc3s2)c1. The number of pyridine rings is 1. The smallest absolute Gasteiger partial charge is 0.261 e. The first-order valence-electron chi connectivity index (χ1n) is 8.98. The minimum absolute atomic E-state index is 0.153. The highest BCUT2D eigenvalue weighted by Gasteiger charge is 2.13. The van der Waals surface area contributed by atoms with Gasteiger partial charge in [0.05, 0.1) is 31.7 Å². The lowest BCUT2D eigenvalue weighted by molar-refractivity contribution is 0.0954. The van der Waals surface area contributed by atoms with Crippen molar-refractivity contribution in [3.8, 4) is 17.2 Å². The maximum absolute atomic E-state index is 12.7. The van der Waals surface area contributed by atoms with Crippen molar-refractivity contribution in [2.24, 2.45) is 0 Å². The van der Waals surface area contributed by atoms with Crippen LogP contribution in [0.25, 0.3) is 21.1 Å². The Hall–Kier alpha value is -3.32. The number of rotatable bonds is 6. The van der Waals surface area contributed by atoms with Gasteiger partial charge in [-0.05, 0) is 42.5 Å². The standard InChI is InChI=1S/C22H20N2O4S/c1-26-16-6-7-19(28-3)15(9-16)12-23-21(25)20-10-14-8-13-4-5-17(27-2)11-18(13)24-22(14)29-20/h4-11H,12H2,1-3H3,(H,23,25). The van der Waals surface area contributed by atoms with Gasteiger partial charge in [-0.2, -0.15) is 0 Å². The topological polar surface area (TPSA) is 69.7 Å². The number of nitrogens with one attached hydrogen (secondary N) is 1. The zero-order valence-electron chi connectivity index (χ0n) is 16.3. The summed E-state index contributed by atoms with van der Waals surface area (Å²) in [6, 6.07) is 15.2. The molecule has 0 bridgehead atoms. The number of amides is 1. The van der Waals surface area contributed by atoms with Gasteiger partial charge in [0.1, 0.15) is 22.1 Å².